The maximum Gasteiger partial charge on any atom is 0.164 e. The normalized spacial score (nSPS) is 14.6. The first-order chi connectivity index (χ1) is 8.29. The van der Waals surface area contributed by atoms with Crippen molar-refractivity contribution in [2.45, 2.75) is 32.3 Å². The van der Waals surface area contributed by atoms with Crippen molar-refractivity contribution in [2.75, 3.05) is 13.1 Å². The molecule has 1 fully saturated rings. The third-order valence-electron chi connectivity index (χ3n) is 2.78. The average Bonchev–Trinajstić information content (AvgIpc) is 3.14. The van der Waals surface area contributed by atoms with Crippen LogP contribution in [-0.4, -0.2) is 25.0 Å². The van der Waals surface area contributed by atoms with Crippen LogP contribution >= 0.6 is 0 Å². The van der Waals surface area contributed by atoms with Gasteiger partial charge in [-0.1, -0.05) is 6.92 Å². The summed E-state index contributed by atoms with van der Waals surface area (Å²) in [5.41, 5.74) is 0.769. The van der Waals surface area contributed by atoms with E-state index in [0.29, 0.717) is 12.5 Å². The molecule has 2 rings (SSSR count). The number of nitrogens with one attached hydrogen (secondary N) is 1. The summed E-state index contributed by atoms with van der Waals surface area (Å²) < 4.78 is 5.63. The molecule has 0 heterocycles. The quantitative estimate of drug-likeness (QED) is 0.580. The molecule has 3 nitrogen and oxygen atoms in total. The first-order valence-electron chi connectivity index (χ1n) is 6.30. The second kappa shape index (κ2) is 5.82. The number of hydrogen-bond acceptors (Lipinski definition) is 3. The van der Waals surface area contributed by atoms with Crippen LogP contribution in [0.2, 0.25) is 0 Å². The lowest BCUT2D eigenvalue weighted by atomic mass is 10.1. The Morgan fingerprint density at radius 1 is 1.35 bits per heavy atom. The van der Waals surface area contributed by atoms with Crippen LogP contribution < -0.4 is 10.1 Å². The predicted octanol–water partition coefficient (Wildman–Crippen LogP) is 2.41. The Kier molecular flexibility index (Phi) is 4.15. The minimum absolute atomic E-state index is 0.184. The van der Waals surface area contributed by atoms with Crippen molar-refractivity contribution in [1.29, 1.82) is 0 Å². The Labute approximate surface area is 102 Å². The molecule has 0 unspecified atom stereocenters. The topological polar surface area (TPSA) is 38.3 Å². The number of carbonyl (C=O) groups is 1. The number of ketones is 1. The van der Waals surface area contributed by atoms with E-state index in [9.17, 15) is 4.79 Å². The number of hydrogen-bond donors (Lipinski definition) is 1. The first kappa shape index (κ1) is 12.1. The molecule has 0 aliphatic heterocycles. The van der Waals surface area contributed by atoms with Crippen molar-refractivity contribution in [2.24, 2.45) is 0 Å². The van der Waals surface area contributed by atoms with E-state index < -0.39 is 0 Å². The van der Waals surface area contributed by atoms with Gasteiger partial charge in [0.25, 0.3) is 0 Å². The van der Waals surface area contributed by atoms with Gasteiger partial charge in [-0.15, -0.1) is 0 Å². The minimum atomic E-state index is 0.184. The van der Waals surface area contributed by atoms with E-state index >= 15 is 0 Å². The SMILES string of the molecule is CCNCCC(=O)c1ccc(OC2CC2)cc1. The molecule has 17 heavy (non-hydrogen) atoms. The molecule has 1 N–H and O–H groups in total. The summed E-state index contributed by atoms with van der Waals surface area (Å²) in [6, 6.07) is 7.48. The molecule has 1 aromatic carbocycles. The summed E-state index contributed by atoms with van der Waals surface area (Å²) in [7, 11) is 0. The lowest BCUT2D eigenvalue weighted by molar-refractivity contribution is 0.0983. The zero-order valence-electron chi connectivity index (χ0n) is 10.2. The van der Waals surface area contributed by atoms with Gasteiger partial charge < -0.3 is 10.1 Å². The number of Topliss-reactive ketones (excluding diaryl/α,β-unsaturated/α-hetero) is 1. The van der Waals surface area contributed by atoms with Gasteiger partial charge in [-0.3, -0.25) is 4.79 Å². The molecule has 1 saturated carbocycles. The van der Waals surface area contributed by atoms with Crippen molar-refractivity contribution in [1.82, 2.24) is 5.32 Å². The van der Waals surface area contributed by atoms with Crippen LogP contribution in [0.5, 0.6) is 5.75 Å². The van der Waals surface area contributed by atoms with Crippen molar-refractivity contribution in [3.63, 3.8) is 0 Å². The molecular weight excluding hydrogens is 214 g/mol. The summed E-state index contributed by atoms with van der Waals surface area (Å²) in [6.45, 7) is 3.69. The Morgan fingerprint density at radius 3 is 2.65 bits per heavy atom. The number of carbonyl (C=O) groups excluding carboxylic acids is 1. The molecule has 3 heteroatoms. The smallest absolute Gasteiger partial charge is 0.164 e. The summed E-state index contributed by atoms with van der Waals surface area (Å²) >= 11 is 0. The maximum absolute atomic E-state index is 11.8. The molecule has 0 amide bonds. The molecule has 0 atom stereocenters. The first-order valence-corrected chi connectivity index (χ1v) is 6.30. The van der Waals surface area contributed by atoms with E-state index in [-0.39, 0.29) is 5.78 Å². The fourth-order valence-corrected chi connectivity index (χ4v) is 1.62. The molecule has 0 spiro atoms. The van der Waals surface area contributed by atoms with Gasteiger partial charge in [0.05, 0.1) is 6.10 Å². The lowest BCUT2D eigenvalue weighted by Crippen LogP contribution is -2.17. The second-order valence-electron chi connectivity index (χ2n) is 4.37. The molecule has 0 radical (unpaired) electrons. The van der Waals surface area contributed by atoms with E-state index in [0.717, 1.165) is 37.2 Å². The van der Waals surface area contributed by atoms with Gasteiger partial charge in [-0.05, 0) is 43.7 Å². The molecule has 0 saturated heterocycles. The molecule has 1 aliphatic carbocycles. The zero-order valence-corrected chi connectivity index (χ0v) is 10.2. The number of benzene rings is 1. The van der Waals surface area contributed by atoms with E-state index in [1.165, 1.54) is 0 Å². The number of rotatable bonds is 7. The van der Waals surface area contributed by atoms with Gasteiger partial charge in [-0.25, -0.2) is 0 Å². The van der Waals surface area contributed by atoms with Gasteiger partial charge >= 0.3 is 0 Å². The molecule has 0 aromatic heterocycles. The summed E-state index contributed by atoms with van der Waals surface area (Å²) in [6.07, 6.45) is 3.27. The van der Waals surface area contributed by atoms with Crippen molar-refractivity contribution in [3.05, 3.63) is 29.8 Å². The van der Waals surface area contributed by atoms with Crippen LogP contribution in [0.25, 0.3) is 0 Å². The highest BCUT2D eigenvalue weighted by Gasteiger charge is 2.23. The number of ether oxygens (including phenoxy) is 1. The fourth-order valence-electron chi connectivity index (χ4n) is 1.62. The third kappa shape index (κ3) is 3.86. The molecular formula is C14H19NO2. The van der Waals surface area contributed by atoms with Crippen molar-refractivity contribution in [3.8, 4) is 5.75 Å². The van der Waals surface area contributed by atoms with E-state index in [2.05, 4.69) is 5.32 Å². The highest BCUT2D eigenvalue weighted by Crippen LogP contribution is 2.26. The molecule has 0 bridgehead atoms. The molecule has 1 aliphatic rings. The largest absolute Gasteiger partial charge is 0.490 e. The Balaban J connectivity index is 1.85. The molecule has 92 valence electrons. The summed E-state index contributed by atoms with van der Waals surface area (Å²) in [5, 5.41) is 3.15. The summed E-state index contributed by atoms with van der Waals surface area (Å²) in [5.74, 6) is 1.06. The van der Waals surface area contributed by atoms with Gasteiger partial charge in [0.1, 0.15) is 5.75 Å². The lowest BCUT2D eigenvalue weighted by Gasteiger charge is -2.05. The van der Waals surface area contributed by atoms with Crippen LogP contribution in [-0.2, 0) is 0 Å². The van der Waals surface area contributed by atoms with Crippen LogP contribution in [0.4, 0.5) is 0 Å². The van der Waals surface area contributed by atoms with Crippen LogP contribution in [0, 0.1) is 0 Å². The zero-order chi connectivity index (χ0) is 12.1. The van der Waals surface area contributed by atoms with E-state index in [1.54, 1.807) is 0 Å². The Bertz CT molecular complexity index is 368. The van der Waals surface area contributed by atoms with E-state index in [1.807, 2.05) is 31.2 Å². The monoisotopic (exact) mass is 233 g/mol. The highest BCUT2D eigenvalue weighted by molar-refractivity contribution is 5.96. The van der Waals surface area contributed by atoms with Gasteiger partial charge in [-0.2, -0.15) is 0 Å². The standard InChI is InChI=1S/C14H19NO2/c1-2-15-10-9-14(16)11-3-5-12(6-4-11)17-13-7-8-13/h3-6,13,15H,2,7-10H2,1H3. The van der Waals surface area contributed by atoms with Crippen LogP contribution in [0.15, 0.2) is 24.3 Å². The predicted molar refractivity (Wildman–Crippen MR) is 67.6 cm³/mol. The minimum Gasteiger partial charge on any atom is -0.490 e. The fraction of sp³-hybridized carbons (Fsp3) is 0.500. The summed E-state index contributed by atoms with van der Waals surface area (Å²) in [4.78, 5) is 11.8. The van der Waals surface area contributed by atoms with E-state index in [4.69, 9.17) is 4.74 Å². The van der Waals surface area contributed by atoms with Crippen LogP contribution in [0.1, 0.15) is 36.5 Å². The maximum atomic E-state index is 11.8. The molecule has 1 aromatic rings. The van der Waals surface area contributed by atoms with Crippen LogP contribution in [0.3, 0.4) is 0 Å². The van der Waals surface area contributed by atoms with Gasteiger partial charge in [0, 0.05) is 18.5 Å². The third-order valence-corrected chi connectivity index (χ3v) is 2.78. The second-order valence-corrected chi connectivity index (χ2v) is 4.37. The van der Waals surface area contributed by atoms with Gasteiger partial charge in [0.2, 0.25) is 0 Å². The van der Waals surface area contributed by atoms with Gasteiger partial charge in [0.15, 0.2) is 5.78 Å². The Morgan fingerprint density at radius 2 is 2.06 bits per heavy atom. The Hall–Kier alpha value is -1.35. The van der Waals surface area contributed by atoms with Crippen molar-refractivity contribution >= 4 is 5.78 Å². The highest BCUT2D eigenvalue weighted by atomic mass is 16.5. The van der Waals surface area contributed by atoms with Crippen molar-refractivity contribution < 1.29 is 9.53 Å². The average molecular weight is 233 g/mol.